The van der Waals surface area contributed by atoms with Gasteiger partial charge >= 0.3 is 5.97 Å². The molecule has 0 aromatic carbocycles. The summed E-state index contributed by atoms with van der Waals surface area (Å²) in [7, 11) is 0. The number of unbranched alkanes of at least 4 members (excludes halogenated alkanes) is 9. The van der Waals surface area contributed by atoms with Crippen LogP contribution in [0.2, 0.25) is 0 Å². The average Bonchev–Trinajstić information content (AvgIpc) is 2.48. The zero-order valence-electron chi connectivity index (χ0n) is 16.7. The number of hydrogen-bond acceptors (Lipinski definition) is 1. The van der Waals surface area contributed by atoms with Crippen LogP contribution in [0.1, 0.15) is 104 Å². The fourth-order valence-corrected chi connectivity index (χ4v) is 1.92. The van der Waals surface area contributed by atoms with Gasteiger partial charge in [0.2, 0.25) is 0 Å². The van der Waals surface area contributed by atoms with Gasteiger partial charge in [-0.1, -0.05) is 83.9 Å². The molecular weight excluding hydrogens is 224 g/mol. The van der Waals surface area contributed by atoms with Crippen LogP contribution in [-0.4, -0.2) is 11.1 Å². The van der Waals surface area contributed by atoms with Crippen LogP contribution in [0.15, 0.2) is 0 Å². The molecule has 0 fully saturated rings. The minimum absolute atomic E-state index is 0.191. The molecular formula is C16H32O2. The third-order valence-corrected chi connectivity index (χ3v) is 2.98. The van der Waals surface area contributed by atoms with Gasteiger partial charge in [0.25, 0.3) is 0 Å². The standard InChI is InChI=1S/C16H32O2/c1-2-3-4-5-6-7-8-9-10-11-12-13-14-15-16(17)18/h2-15H2,1H3,(H,17,18)/i13D,14D2,15D2. The topological polar surface area (TPSA) is 37.3 Å². The molecule has 0 spiro atoms. The highest BCUT2D eigenvalue weighted by molar-refractivity contribution is 5.66. The maximum Gasteiger partial charge on any atom is 0.303 e. The maximum atomic E-state index is 10.8. The van der Waals surface area contributed by atoms with E-state index in [2.05, 4.69) is 6.92 Å². The number of carbonyl (C=O) groups is 1. The van der Waals surface area contributed by atoms with Gasteiger partial charge in [0.1, 0.15) is 0 Å². The number of hydrogen-bond donors (Lipinski definition) is 1. The summed E-state index contributed by atoms with van der Waals surface area (Å²) < 4.78 is 37.6. The first-order chi connectivity index (χ1) is 10.7. The Morgan fingerprint density at radius 1 is 0.889 bits per heavy atom. The van der Waals surface area contributed by atoms with Crippen LogP contribution in [-0.2, 0) is 4.79 Å². The van der Waals surface area contributed by atoms with Crippen molar-refractivity contribution in [3.05, 3.63) is 0 Å². The predicted molar refractivity (Wildman–Crippen MR) is 77.9 cm³/mol. The summed E-state index contributed by atoms with van der Waals surface area (Å²) in [5, 5.41) is 8.77. The Morgan fingerprint density at radius 2 is 1.33 bits per heavy atom. The van der Waals surface area contributed by atoms with E-state index in [1.807, 2.05) is 0 Å². The van der Waals surface area contributed by atoms with Crippen LogP contribution in [0, 0.1) is 0 Å². The zero-order valence-corrected chi connectivity index (χ0v) is 11.7. The second-order valence-electron chi connectivity index (χ2n) is 4.75. The normalized spacial score (nSPS) is 18.2. The average molecular weight is 261 g/mol. The third-order valence-electron chi connectivity index (χ3n) is 2.98. The van der Waals surface area contributed by atoms with Crippen molar-refractivity contribution in [2.24, 2.45) is 0 Å². The second kappa shape index (κ2) is 14.5. The van der Waals surface area contributed by atoms with Crippen molar-refractivity contribution >= 4 is 5.97 Å². The summed E-state index contributed by atoms with van der Waals surface area (Å²) in [6, 6.07) is 0. The quantitative estimate of drug-likeness (QED) is 0.416. The largest absolute Gasteiger partial charge is 0.481 e. The van der Waals surface area contributed by atoms with Crippen LogP contribution >= 0.6 is 0 Å². The van der Waals surface area contributed by atoms with Gasteiger partial charge in [-0.3, -0.25) is 4.79 Å². The molecule has 0 aromatic heterocycles. The van der Waals surface area contributed by atoms with E-state index >= 15 is 0 Å². The molecule has 1 N–H and O–H groups in total. The van der Waals surface area contributed by atoms with E-state index in [1.165, 1.54) is 38.5 Å². The Labute approximate surface area is 120 Å². The molecule has 0 aliphatic rings. The third kappa shape index (κ3) is 15.5. The van der Waals surface area contributed by atoms with Crippen molar-refractivity contribution in [3.63, 3.8) is 0 Å². The molecule has 18 heavy (non-hydrogen) atoms. The molecule has 0 saturated carbocycles. The lowest BCUT2D eigenvalue weighted by atomic mass is 10.0. The fraction of sp³-hybridized carbons (Fsp3) is 0.938. The summed E-state index contributed by atoms with van der Waals surface area (Å²) in [6.07, 6.45) is 4.42. The molecule has 108 valence electrons. The van der Waals surface area contributed by atoms with Crippen LogP contribution in [0.3, 0.4) is 0 Å². The predicted octanol–water partition coefficient (Wildman–Crippen LogP) is 5.55. The van der Waals surface area contributed by atoms with E-state index < -0.39 is 25.1 Å². The van der Waals surface area contributed by atoms with Crippen molar-refractivity contribution in [3.8, 4) is 0 Å². The van der Waals surface area contributed by atoms with Crippen molar-refractivity contribution in [2.75, 3.05) is 0 Å². The Balaban J connectivity index is 3.82. The SMILES string of the molecule is [2H]C(CCCCCCCCCCCC)C([2H])([2H])C([2H])([2H])C(=O)O. The molecule has 0 rings (SSSR count). The van der Waals surface area contributed by atoms with Crippen LogP contribution in [0.4, 0.5) is 0 Å². The molecule has 0 aromatic rings. The highest BCUT2D eigenvalue weighted by Gasteiger charge is 1.96. The molecule has 1 unspecified atom stereocenters. The second-order valence-corrected chi connectivity index (χ2v) is 4.75. The minimum Gasteiger partial charge on any atom is -0.481 e. The summed E-state index contributed by atoms with van der Waals surface area (Å²) in [4.78, 5) is 10.8. The van der Waals surface area contributed by atoms with Gasteiger partial charge in [0, 0.05) is 13.2 Å². The number of rotatable bonds is 14. The molecule has 0 bridgehead atoms. The molecule has 2 nitrogen and oxygen atoms in total. The first-order valence-corrected chi connectivity index (χ1v) is 7.33. The van der Waals surface area contributed by atoms with Gasteiger partial charge in [0.15, 0.2) is 0 Å². The highest BCUT2D eigenvalue weighted by Crippen LogP contribution is 2.12. The van der Waals surface area contributed by atoms with Gasteiger partial charge < -0.3 is 5.11 Å². The molecule has 0 amide bonds. The lowest BCUT2D eigenvalue weighted by Gasteiger charge is -2.02. The van der Waals surface area contributed by atoms with E-state index in [9.17, 15) is 4.79 Å². The molecule has 1 atom stereocenters. The monoisotopic (exact) mass is 261 g/mol. The summed E-state index contributed by atoms with van der Waals surface area (Å²) >= 11 is 0. The van der Waals surface area contributed by atoms with Gasteiger partial charge in [-0.05, 0) is 6.37 Å². The highest BCUT2D eigenvalue weighted by atomic mass is 16.4. The smallest absolute Gasteiger partial charge is 0.303 e. The Bertz CT molecular complexity index is 334. The number of carboxylic acid groups (broad SMARTS) is 1. The molecule has 0 aliphatic carbocycles. The maximum absolute atomic E-state index is 10.8. The Hall–Kier alpha value is -0.530. The van der Waals surface area contributed by atoms with Crippen molar-refractivity contribution in [2.45, 2.75) is 96.7 Å². The number of carboxylic acids is 1. The Morgan fingerprint density at radius 3 is 1.78 bits per heavy atom. The van der Waals surface area contributed by atoms with E-state index in [1.54, 1.807) is 0 Å². The van der Waals surface area contributed by atoms with Crippen LogP contribution < -0.4 is 0 Å². The first kappa shape index (κ1) is 10.3. The molecule has 0 heterocycles. The fourth-order valence-electron chi connectivity index (χ4n) is 1.92. The zero-order chi connectivity index (χ0) is 17.9. The minimum atomic E-state index is -3.03. The van der Waals surface area contributed by atoms with Crippen molar-refractivity contribution < 1.29 is 16.8 Å². The van der Waals surface area contributed by atoms with Gasteiger partial charge in [0.05, 0.1) is 0 Å². The lowest BCUT2D eigenvalue weighted by molar-refractivity contribution is -0.137. The number of aliphatic carboxylic acids is 1. The summed E-state index contributed by atoms with van der Waals surface area (Å²) in [6.45, 7) is 2.20. The van der Waals surface area contributed by atoms with E-state index in [4.69, 9.17) is 12.0 Å². The lowest BCUT2D eigenvalue weighted by Crippen LogP contribution is -1.93. The van der Waals surface area contributed by atoms with Gasteiger partial charge in [-0.25, -0.2) is 0 Å². The molecule has 0 aliphatic heterocycles. The summed E-state index contributed by atoms with van der Waals surface area (Å²) in [5.41, 5.74) is 0. The molecule has 0 radical (unpaired) electrons. The summed E-state index contributed by atoms with van der Waals surface area (Å²) in [5.74, 6) is -1.84. The van der Waals surface area contributed by atoms with Crippen LogP contribution in [0.25, 0.3) is 0 Å². The molecule has 0 saturated heterocycles. The molecule has 2 heteroatoms. The van der Waals surface area contributed by atoms with Crippen molar-refractivity contribution in [1.82, 2.24) is 0 Å². The van der Waals surface area contributed by atoms with E-state index in [0.717, 1.165) is 19.3 Å². The Kier molecular flexibility index (Phi) is 8.30. The first-order valence-electron chi connectivity index (χ1n) is 9.91. The van der Waals surface area contributed by atoms with Crippen molar-refractivity contribution in [1.29, 1.82) is 0 Å². The van der Waals surface area contributed by atoms with Crippen LogP contribution in [0.5, 0.6) is 0 Å². The van der Waals surface area contributed by atoms with E-state index in [-0.39, 0.29) is 6.42 Å². The van der Waals surface area contributed by atoms with Gasteiger partial charge in [-0.2, -0.15) is 0 Å². The van der Waals surface area contributed by atoms with E-state index in [0.29, 0.717) is 6.42 Å². The van der Waals surface area contributed by atoms with Gasteiger partial charge in [-0.15, -0.1) is 0 Å².